The van der Waals surface area contributed by atoms with Gasteiger partial charge in [0, 0.05) is 34.2 Å². The van der Waals surface area contributed by atoms with Crippen molar-refractivity contribution in [3.05, 3.63) is 24.3 Å². The molecule has 0 fully saturated rings. The van der Waals surface area contributed by atoms with E-state index in [1.165, 1.54) is 0 Å². The highest BCUT2D eigenvalue weighted by Crippen LogP contribution is 2.36. The van der Waals surface area contributed by atoms with Crippen molar-refractivity contribution in [2.24, 2.45) is 0 Å². The summed E-state index contributed by atoms with van der Waals surface area (Å²) in [7, 11) is 0. The first-order valence-electron chi connectivity index (χ1n) is 5.03. The fraction of sp³-hybridized carbons (Fsp3) is 0. The SMILES string of the molecule is Nc1snnc1-c1ccccc1-c1nnsc1N. The molecular weight excluding hydrogens is 268 g/mol. The van der Waals surface area contributed by atoms with Gasteiger partial charge in [-0.2, -0.15) is 0 Å². The normalized spacial score (nSPS) is 10.7. The number of hydrogen-bond acceptors (Lipinski definition) is 8. The molecule has 90 valence electrons. The number of nitrogens with zero attached hydrogens (tertiary/aromatic N) is 4. The van der Waals surface area contributed by atoms with Crippen LogP contribution >= 0.6 is 23.1 Å². The van der Waals surface area contributed by atoms with E-state index in [4.69, 9.17) is 11.5 Å². The number of aromatic nitrogens is 4. The average Bonchev–Trinajstić information content (AvgIpc) is 2.98. The highest BCUT2D eigenvalue weighted by molar-refractivity contribution is 7.10. The molecule has 0 radical (unpaired) electrons. The van der Waals surface area contributed by atoms with Crippen LogP contribution in [0.2, 0.25) is 0 Å². The number of hydrogen-bond donors (Lipinski definition) is 2. The van der Waals surface area contributed by atoms with E-state index >= 15 is 0 Å². The molecule has 3 aromatic rings. The van der Waals surface area contributed by atoms with E-state index in [-0.39, 0.29) is 0 Å². The summed E-state index contributed by atoms with van der Waals surface area (Å²) in [4.78, 5) is 0. The molecule has 0 atom stereocenters. The van der Waals surface area contributed by atoms with E-state index in [1.807, 2.05) is 24.3 Å². The molecule has 0 saturated carbocycles. The molecule has 8 heteroatoms. The summed E-state index contributed by atoms with van der Waals surface area (Å²) >= 11 is 2.32. The summed E-state index contributed by atoms with van der Waals surface area (Å²) in [6, 6.07) is 7.66. The van der Waals surface area contributed by atoms with Gasteiger partial charge >= 0.3 is 0 Å². The van der Waals surface area contributed by atoms with Crippen molar-refractivity contribution < 1.29 is 0 Å². The van der Waals surface area contributed by atoms with Crippen molar-refractivity contribution in [2.75, 3.05) is 11.5 Å². The zero-order valence-corrected chi connectivity index (χ0v) is 10.7. The Morgan fingerprint density at radius 2 is 1.22 bits per heavy atom. The molecule has 2 aromatic heterocycles. The molecule has 18 heavy (non-hydrogen) atoms. The lowest BCUT2D eigenvalue weighted by Gasteiger charge is -2.05. The summed E-state index contributed by atoms with van der Waals surface area (Å²) in [6.07, 6.45) is 0. The fourth-order valence-electron chi connectivity index (χ4n) is 1.66. The summed E-state index contributed by atoms with van der Waals surface area (Å²) in [5.74, 6) is 0. The van der Waals surface area contributed by atoms with Crippen molar-refractivity contribution >= 4 is 33.1 Å². The maximum Gasteiger partial charge on any atom is 0.135 e. The number of benzene rings is 1. The zero-order chi connectivity index (χ0) is 12.5. The third-order valence-corrected chi connectivity index (χ3v) is 3.57. The van der Waals surface area contributed by atoms with Crippen molar-refractivity contribution in [3.63, 3.8) is 0 Å². The molecule has 0 unspecified atom stereocenters. The molecule has 0 amide bonds. The van der Waals surface area contributed by atoms with E-state index in [1.54, 1.807) is 0 Å². The lowest BCUT2D eigenvalue weighted by molar-refractivity contribution is 1.15. The second-order valence-electron chi connectivity index (χ2n) is 3.52. The number of nitrogen functional groups attached to an aromatic ring is 2. The van der Waals surface area contributed by atoms with E-state index in [0.29, 0.717) is 21.4 Å². The number of rotatable bonds is 2. The van der Waals surface area contributed by atoms with Gasteiger partial charge in [0.25, 0.3) is 0 Å². The van der Waals surface area contributed by atoms with Crippen molar-refractivity contribution in [3.8, 4) is 22.5 Å². The van der Waals surface area contributed by atoms with Crippen LogP contribution in [0.5, 0.6) is 0 Å². The Morgan fingerprint density at radius 3 is 1.56 bits per heavy atom. The van der Waals surface area contributed by atoms with Gasteiger partial charge in [-0.15, -0.1) is 10.2 Å². The predicted octanol–water partition coefficient (Wildman–Crippen LogP) is 1.89. The van der Waals surface area contributed by atoms with Gasteiger partial charge in [-0.25, -0.2) is 0 Å². The Hall–Kier alpha value is -2.06. The second kappa shape index (κ2) is 4.31. The van der Waals surface area contributed by atoms with E-state index < -0.39 is 0 Å². The average molecular weight is 276 g/mol. The largest absolute Gasteiger partial charge is 0.387 e. The predicted molar refractivity (Wildman–Crippen MR) is 73.1 cm³/mol. The van der Waals surface area contributed by atoms with Crippen LogP contribution in [0.15, 0.2) is 24.3 Å². The van der Waals surface area contributed by atoms with Crippen LogP contribution in [-0.2, 0) is 0 Å². The topological polar surface area (TPSA) is 104 Å². The minimum Gasteiger partial charge on any atom is -0.387 e. The minimum atomic E-state index is 0.573. The molecule has 1 aromatic carbocycles. The molecular formula is C10H8N6S2. The molecule has 0 saturated heterocycles. The van der Waals surface area contributed by atoms with E-state index in [9.17, 15) is 0 Å². The summed E-state index contributed by atoms with van der Waals surface area (Å²) in [5.41, 5.74) is 14.8. The van der Waals surface area contributed by atoms with Gasteiger partial charge in [-0.05, 0) is 0 Å². The maximum absolute atomic E-state index is 5.86. The molecule has 0 aliphatic carbocycles. The van der Waals surface area contributed by atoms with Gasteiger partial charge in [0.15, 0.2) is 0 Å². The molecule has 2 heterocycles. The monoisotopic (exact) mass is 276 g/mol. The highest BCUT2D eigenvalue weighted by atomic mass is 32.1. The van der Waals surface area contributed by atoms with Crippen molar-refractivity contribution in [2.45, 2.75) is 0 Å². The Kier molecular flexibility index (Phi) is 2.65. The molecule has 0 bridgehead atoms. The Morgan fingerprint density at radius 1 is 0.778 bits per heavy atom. The van der Waals surface area contributed by atoms with Crippen LogP contribution in [0.1, 0.15) is 0 Å². The van der Waals surface area contributed by atoms with Gasteiger partial charge in [0.1, 0.15) is 21.4 Å². The number of anilines is 2. The molecule has 0 aliphatic heterocycles. The summed E-state index contributed by atoms with van der Waals surface area (Å²) in [5, 5.41) is 9.23. The van der Waals surface area contributed by atoms with Crippen LogP contribution in [0.3, 0.4) is 0 Å². The Bertz CT molecular complexity index is 630. The highest BCUT2D eigenvalue weighted by Gasteiger charge is 2.16. The smallest absolute Gasteiger partial charge is 0.135 e. The van der Waals surface area contributed by atoms with Crippen molar-refractivity contribution in [1.82, 2.24) is 19.2 Å². The summed E-state index contributed by atoms with van der Waals surface area (Å²) in [6.45, 7) is 0. The molecule has 3 rings (SSSR count). The molecule has 0 aliphatic rings. The minimum absolute atomic E-state index is 0.573. The van der Waals surface area contributed by atoms with Crippen LogP contribution < -0.4 is 11.5 Å². The van der Waals surface area contributed by atoms with E-state index in [0.717, 1.165) is 34.2 Å². The van der Waals surface area contributed by atoms with Gasteiger partial charge in [0.05, 0.1) is 0 Å². The Balaban J connectivity index is 2.24. The Labute approximate surface area is 111 Å². The van der Waals surface area contributed by atoms with Gasteiger partial charge in [-0.3, -0.25) is 0 Å². The van der Waals surface area contributed by atoms with Crippen LogP contribution in [0.4, 0.5) is 10.0 Å². The van der Waals surface area contributed by atoms with Crippen LogP contribution in [-0.4, -0.2) is 19.2 Å². The molecule has 4 N–H and O–H groups in total. The maximum atomic E-state index is 5.86. The lowest BCUT2D eigenvalue weighted by Crippen LogP contribution is -1.92. The van der Waals surface area contributed by atoms with Gasteiger partial charge in [0.2, 0.25) is 0 Å². The second-order valence-corrected chi connectivity index (χ2v) is 5.09. The first-order chi connectivity index (χ1) is 8.77. The summed E-state index contributed by atoms with van der Waals surface area (Å²) < 4.78 is 7.69. The first-order valence-corrected chi connectivity index (χ1v) is 6.57. The zero-order valence-electron chi connectivity index (χ0n) is 9.07. The van der Waals surface area contributed by atoms with Crippen molar-refractivity contribution in [1.29, 1.82) is 0 Å². The molecule has 6 nitrogen and oxygen atoms in total. The van der Waals surface area contributed by atoms with E-state index in [2.05, 4.69) is 19.2 Å². The third-order valence-electron chi connectivity index (χ3n) is 2.46. The van der Waals surface area contributed by atoms with Crippen LogP contribution in [0.25, 0.3) is 22.5 Å². The third kappa shape index (κ3) is 1.71. The standard InChI is InChI=1S/C10H8N6S2/c11-9-7(13-15-17-9)5-3-1-2-4-6(5)8-10(12)18-16-14-8/h1-4H,11-12H2. The van der Waals surface area contributed by atoms with Crippen LogP contribution in [0, 0.1) is 0 Å². The van der Waals surface area contributed by atoms with Gasteiger partial charge < -0.3 is 11.5 Å². The first kappa shape index (κ1) is 11.1. The quantitative estimate of drug-likeness (QED) is 0.740. The van der Waals surface area contributed by atoms with Gasteiger partial charge in [-0.1, -0.05) is 33.2 Å². The lowest BCUT2D eigenvalue weighted by atomic mass is 10.0. The fourth-order valence-corrected chi connectivity index (χ4v) is 2.56. The molecule has 0 spiro atoms. The number of nitrogens with two attached hydrogens (primary N) is 2.